The zero-order valence-corrected chi connectivity index (χ0v) is 16.5. The van der Waals surface area contributed by atoms with Crippen LogP contribution in [-0.2, 0) is 0 Å². The monoisotopic (exact) mass is 407 g/mol. The van der Waals surface area contributed by atoms with Crippen molar-refractivity contribution in [2.75, 3.05) is 0 Å². The molecule has 0 fully saturated rings. The van der Waals surface area contributed by atoms with Gasteiger partial charge in [0.05, 0.1) is 27.5 Å². The standard InChI is InChI=1S/C22H17BClF2N3/c1-12(22(27)15-8-16(24)18(26)9-17(15)25)19-3-4-20-21(29-19)7-14(11-28-20)13-5-6-23(2)10-13/h3-5,7-9,11,27H,1,6,10H2,2H3. The van der Waals surface area contributed by atoms with Gasteiger partial charge in [0.2, 0.25) is 0 Å². The molecule has 0 radical (unpaired) electrons. The first-order valence-corrected chi connectivity index (χ1v) is 9.60. The van der Waals surface area contributed by atoms with Gasteiger partial charge in [0, 0.05) is 23.4 Å². The number of pyridine rings is 2. The van der Waals surface area contributed by atoms with Gasteiger partial charge < -0.3 is 0 Å². The normalized spacial score (nSPS) is 13.7. The molecule has 7 heteroatoms. The van der Waals surface area contributed by atoms with Crippen LogP contribution in [-0.4, -0.2) is 22.4 Å². The van der Waals surface area contributed by atoms with Gasteiger partial charge in [0.1, 0.15) is 18.3 Å². The number of fused-ring (bicyclic) bond motifs is 1. The summed E-state index contributed by atoms with van der Waals surface area (Å²) in [7, 11) is 0. The molecular weight excluding hydrogens is 391 g/mol. The maximum absolute atomic E-state index is 14.1. The number of rotatable bonds is 4. The Morgan fingerprint density at radius 2 is 1.97 bits per heavy atom. The molecule has 29 heavy (non-hydrogen) atoms. The quantitative estimate of drug-likeness (QED) is 0.320. The maximum atomic E-state index is 14.1. The summed E-state index contributed by atoms with van der Waals surface area (Å²) in [5, 5.41) is 8.05. The van der Waals surface area contributed by atoms with Crippen LogP contribution in [0.15, 0.2) is 49.2 Å². The van der Waals surface area contributed by atoms with Crippen molar-refractivity contribution in [1.29, 1.82) is 5.41 Å². The van der Waals surface area contributed by atoms with Crippen molar-refractivity contribution in [3.05, 3.63) is 82.7 Å². The minimum Gasteiger partial charge on any atom is -0.299 e. The minimum atomic E-state index is -0.871. The van der Waals surface area contributed by atoms with Gasteiger partial charge in [-0.3, -0.25) is 10.4 Å². The Labute approximate surface area is 172 Å². The highest BCUT2D eigenvalue weighted by Gasteiger charge is 2.19. The average molecular weight is 408 g/mol. The predicted molar refractivity (Wildman–Crippen MR) is 116 cm³/mol. The van der Waals surface area contributed by atoms with Crippen molar-refractivity contribution in [3.63, 3.8) is 0 Å². The van der Waals surface area contributed by atoms with E-state index in [9.17, 15) is 8.78 Å². The summed E-state index contributed by atoms with van der Waals surface area (Å²) < 4.78 is 27.6. The highest BCUT2D eigenvalue weighted by molar-refractivity contribution is 6.61. The van der Waals surface area contributed by atoms with Crippen molar-refractivity contribution in [1.82, 2.24) is 9.97 Å². The van der Waals surface area contributed by atoms with Gasteiger partial charge in [0.25, 0.3) is 0 Å². The smallest absolute Gasteiger partial charge is 0.145 e. The molecule has 0 saturated heterocycles. The summed E-state index contributed by atoms with van der Waals surface area (Å²) in [5.74, 6) is -1.74. The molecule has 1 aliphatic rings. The summed E-state index contributed by atoms with van der Waals surface area (Å²) in [6.07, 6.45) is 6.14. The molecule has 4 rings (SSSR count). The van der Waals surface area contributed by atoms with Gasteiger partial charge in [-0.15, -0.1) is 0 Å². The summed E-state index contributed by atoms with van der Waals surface area (Å²) in [4.78, 5) is 9.07. The molecule has 3 nitrogen and oxygen atoms in total. The molecule has 3 aromatic rings. The molecule has 0 atom stereocenters. The molecule has 0 saturated carbocycles. The Morgan fingerprint density at radius 3 is 2.69 bits per heavy atom. The molecule has 0 spiro atoms. The molecule has 0 aliphatic carbocycles. The van der Waals surface area contributed by atoms with E-state index in [-0.39, 0.29) is 21.9 Å². The second-order valence-electron chi connectivity index (χ2n) is 7.33. The minimum absolute atomic E-state index is 0.125. The van der Waals surface area contributed by atoms with Crippen molar-refractivity contribution in [2.24, 2.45) is 0 Å². The lowest BCUT2D eigenvalue weighted by atomic mass is 9.49. The number of allylic oxidation sites excluding steroid dienone is 3. The Balaban J connectivity index is 1.69. The van der Waals surface area contributed by atoms with E-state index in [1.54, 1.807) is 12.1 Å². The predicted octanol–water partition coefficient (Wildman–Crippen LogP) is 6.16. The fraction of sp³-hybridized carbons (Fsp3) is 0.136. The first-order chi connectivity index (χ1) is 13.8. The third kappa shape index (κ3) is 3.72. The van der Waals surface area contributed by atoms with Gasteiger partial charge in [-0.1, -0.05) is 43.0 Å². The first kappa shape index (κ1) is 19.5. The number of hydrogen-bond donors (Lipinski definition) is 1. The Kier molecular flexibility index (Phi) is 5.05. The van der Waals surface area contributed by atoms with Gasteiger partial charge >= 0.3 is 0 Å². The second kappa shape index (κ2) is 7.52. The van der Waals surface area contributed by atoms with Crippen LogP contribution in [0.1, 0.15) is 16.8 Å². The highest BCUT2D eigenvalue weighted by atomic mass is 35.5. The molecule has 1 aromatic carbocycles. The highest BCUT2D eigenvalue weighted by Crippen LogP contribution is 2.30. The number of nitrogens with one attached hydrogen (secondary N) is 1. The molecule has 3 heterocycles. The van der Waals surface area contributed by atoms with Crippen LogP contribution in [0.5, 0.6) is 0 Å². The van der Waals surface area contributed by atoms with E-state index in [0.29, 0.717) is 24.0 Å². The van der Waals surface area contributed by atoms with Crippen LogP contribution in [0.4, 0.5) is 8.78 Å². The largest absolute Gasteiger partial charge is 0.299 e. The SMILES string of the molecule is C=C(C(=N)c1cc(Cl)c(F)cc1F)c1ccc2ncc(C3=CCB(C)C3)cc2n1. The Morgan fingerprint density at radius 1 is 1.17 bits per heavy atom. The number of hydrogen-bond acceptors (Lipinski definition) is 3. The summed E-state index contributed by atoms with van der Waals surface area (Å²) in [6.45, 7) is 6.72. The van der Waals surface area contributed by atoms with Crippen molar-refractivity contribution < 1.29 is 8.78 Å². The zero-order valence-electron chi connectivity index (χ0n) is 15.8. The number of aromatic nitrogens is 2. The van der Waals surface area contributed by atoms with E-state index >= 15 is 0 Å². The van der Waals surface area contributed by atoms with E-state index < -0.39 is 11.6 Å². The van der Waals surface area contributed by atoms with Crippen molar-refractivity contribution in [2.45, 2.75) is 19.5 Å². The molecule has 1 N–H and O–H groups in total. The zero-order chi connectivity index (χ0) is 20.7. The van der Waals surface area contributed by atoms with Crippen LogP contribution in [0.3, 0.4) is 0 Å². The Bertz CT molecular complexity index is 1210. The van der Waals surface area contributed by atoms with E-state index in [2.05, 4.69) is 29.4 Å². The van der Waals surface area contributed by atoms with E-state index in [1.165, 1.54) is 5.57 Å². The van der Waals surface area contributed by atoms with E-state index in [4.69, 9.17) is 17.0 Å². The molecule has 1 aliphatic heterocycles. The van der Waals surface area contributed by atoms with Crippen LogP contribution < -0.4 is 0 Å². The number of halogens is 3. The summed E-state index contributed by atoms with van der Waals surface area (Å²) in [5.41, 5.74) is 4.00. The first-order valence-electron chi connectivity index (χ1n) is 9.23. The Hall–Kier alpha value is -2.86. The van der Waals surface area contributed by atoms with E-state index in [1.807, 2.05) is 12.3 Å². The molecule has 2 aromatic heterocycles. The third-order valence-electron chi connectivity index (χ3n) is 5.13. The lowest BCUT2D eigenvalue weighted by molar-refractivity contribution is 0.582. The fourth-order valence-electron chi connectivity index (χ4n) is 3.48. The summed E-state index contributed by atoms with van der Waals surface area (Å²) in [6, 6.07) is 7.21. The average Bonchev–Trinajstić information content (AvgIpc) is 3.15. The second-order valence-corrected chi connectivity index (χ2v) is 7.74. The van der Waals surface area contributed by atoms with Gasteiger partial charge in [0.15, 0.2) is 0 Å². The van der Waals surface area contributed by atoms with Crippen LogP contribution in [0.25, 0.3) is 22.2 Å². The van der Waals surface area contributed by atoms with Gasteiger partial charge in [-0.2, -0.15) is 0 Å². The van der Waals surface area contributed by atoms with Crippen LogP contribution in [0.2, 0.25) is 24.5 Å². The van der Waals surface area contributed by atoms with Crippen molar-refractivity contribution in [3.8, 4) is 0 Å². The molecule has 144 valence electrons. The molecule has 0 bridgehead atoms. The lowest BCUT2D eigenvalue weighted by Gasteiger charge is -2.11. The summed E-state index contributed by atoms with van der Waals surface area (Å²) >= 11 is 5.75. The maximum Gasteiger partial charge on any atom is 0.145 e. The lowest BCUT2D eigenvalue weighted by Crippen LogP contribution is -2.07. The van der Waals surface area contributed by atoms with Crippen molar-refractivity contribution >= 4 is 46.2 Å². The number of benzene rings is 1. The molecular formula is C22H17BClF2N3. The molecule has 0 unspecified atom stereocenters. The van der Waals surface area contributed by atoms with Gasteiger partial charge in [-0.25, -0.2) is 13.8 Å². The van der Waals surface area contributed by atoms with E-state index in [0.717, 1.165) is 29.8 Å². The van der Waals surface area contributed by atoms with Crippen LogP contribution in [0, 0.1) is 17.0 Å². The molecule has 0 amide bonds. The topological polar surface area (TPSA) is 49.6 Å². The fourth-order valence-corrected chi connectivity index (χ4v) is 3.64. The van der Waals surface area contributed by atoms with Crippen LogP contribution >= 0.6 is 11.6 Å². The third-order valence-corrected chi connectivity index (χ3v) is 5.42. The van der Waals surface area contributed by atoms with Gasteiger partial charge in [-0.05, 0) is 36.1 Å². The number of nitrogens with zero attached hydrogens (tertiary/aromatic N) is 2.